The number of piperidine rings is 1. The Kier molecular flexibility index (Phi) is 4.00. The third kappa shape index (κ3) is 2.52. The molecular weight excluding hydrogens is 188 g/mol. The van der Waals surface area contributed by atoms with E-state index >= 15 is 0 Å². The highest BCUT2D eigenvalue weighted by molar-refractivity contribution is 4.92. The number of ether oxygens (including phenoxy) is 1. The first kappa shape index (κ1) is 11.4. The highest BCUT2D eigenvalue weighted by atomic mass is 16.5. The molecule has 0 radical (unpaired) electrons. The lowest BCUT2D eigenvalue weighted by Crippen LogP contribution is -2.54. The number of hydrogen-bond acceptors (Lipinski definition) is 3. The Bertz CT molecular complexity index is 198. The predicted molar refractivity (Wildman–Crippen MR) is 62.0 cm³/mol. The van der Waals surface area contributed by atoms with Crippen molar-refractivity contribution in [1.82, 2.24) is 10.2 Å². The highest BCUT2D eigenvalue weighted by Crippen LogP contribution is 2.33. The number of likely N-dealkylation sites (tertiary alicyclic amines) is 1. The van der Waals surface area contributed by atoms with Gasteiger partial charge in [-0.05, 0) is 51.7 Å². The summed E-state index contributed by atoms with van der Waals surface area (Å²) in [5, 5.41) is 3.31. The number of rotatable bonds is 4. The van der Waals surface area contributed by atoms with Crippen LogP contribution in [0, 0.1) is 5.92 Å². The van der Waals surface area contributed by atoms with Gasteiger partial charge < -0.3 is 10.1 Å². The molecule has 1 saturated carbocycles. The molecule has 1 saturated heterocycles. The van der Waals surface area contributed by atoms with Gasteiger partial charge in [0.05, 0.1) is 6.10 Å². The van der Waals surface area contributed by atoms with Crippen molar-refractivity contribution in [3.63, 3.8) is 0 Å². The number of nitrogens with one attached hydrogen (secondary N) is 1. The van der Waals surface area contributed by atoms with E-state index in [1.807, 2.05) is 7.11 Å². The second-order valence-electron chi connectivity index (χ2n) is 4.96. The van der Waals surface area contributed by atoms with Crippen LogP contribution in [0.4, 0.5) is 0 Å². The molecular formula is C12H24N2O. The Balaban J connectivity index is 1.82. The van der Waals surface area contributed by atoms with E-state index in [1.54, 1.807) is 0 Å². The fraction of sp³-hybridized carbons (Fsp3) is 1.00. The van der Waals surface area contributed by atoms with Crippen molar-refractivity contribution in [2.24, 2.45) is 5.92 Å². The van der Waals surface area contributed by atoms with Gasteiger partial charge in [0, 0.05) is 19.7 Å². The fourth-order valence-corrected chi connectivity index (χ4v) is 2.99. The summed E-state index contributed by atoms with van der Waals surface area (Å²) in [7, 11) is 3.91. The zero-order chi connectivity index (χ0) is 10.7. The maximum absolute atomic E-state index is 5.48. The SMILES string of the molecule is CNCC1CCC1N1CCCC(OC)C1. The lowest BCUT2D eigenvalue weighted by atomic mass is 9.77. The van der Waals surface area contributed by atoms with E-state index in [0.717, 1.165) is 18.5 Å². The van der Waals surface area contributed by atoms with Crippen LogP contribution in [0.25, 0.3) is 0 Å². The van der Waals surface area contributed by atoms with Gasteiger partial charge in [0.15, 0.2) is 0 Å². The second kappa shape index (κ2) is 5.28. The Morgan fingerprint density at radius 3 is 2.80 bits per heavy atom. The van der Waals surface area contributed by atoms with Gasteiger partial charge in [0.2, 0.25) is 0 Å². The lowest BCUT2D eigenvalue weighted by molar-refractivity contribution is -0.0220. The smallest absolute Gasteiger partial charge is 0.0698 e. The molecule has 15 heavy (non-hydrogen) atoms. The quantitative estimate of drug-likeness (QED) is 0.755. The van der Waals surface area contributed by atoms with Gasteiger partial charge >= 0.3 is 0 Å². The van der Waals surface area contributed by atoms with E-state index in [-0.39, 0.29) is 0 Å². The number of hydrogen-bond donors (Lipinski definition) is 1. The average Bonchev–Trinajstić information content (AvgIpc) is 2.25. The summed E-state index contributed by atoms with van der Waals surface area (Å²) in [4.78, 5) is 2.66. The van der Waals surface area contributed by atoms with Crippen LogP contribution in [-0.2, 0) is 4.74 Å². The average molecular weight is 212 g/mol. The molecule has 3 unspecified atom stereocenters. The van der Waals surface area contributed by atoms with Crippen LogP contribution in [0.3, 0.4) is 0 Å². The molecule has 2 rings (SSSR count). The zero-order valence-electron chi connectivity index (χ0n) is 10.0. The molecule has 0 aromatic rings. The maximum atomic E-state index is 5.48. The standard InChI is InChI=1S/C12H24N2O/c1-13-8-10-5-6-12(10)14-7-3-4-11(9-14)15-2/h10-13H,3-9H2,1-2H3. The van der Waals surface area contributed by atoms with Crippen molar-refractivity contribution >= 4 is 0 Å². The molecule has 0 amide bonds. The Morgan fingerprint density at radius 2 is 2.20 bits per heavy atom. The van der Waals surface area contributed by atoms with Crippen LogP contribution in [0.2, 0.25) is 0 Å². The van der Waals surface area contributed by atoms with E-state index in [4.69, 9.17) is 4.74 Å². The van der Waals surface area contributed by atoms with Gasteiger partial charge in [-0.2, -0.15) is 0 Å². The van der Waals surface area contributed by atoms with E-state index in [9.17, 15) is 0 Å². The van der Waals surface area contributed by atoms with Crippen molar-refractivity contribution in [1.29, 1.82) is 0 Å². The number of nitrogens with zero attached hydrogens (tertiary/aromatic N) is 1. The molecule has 0 aromatic heterocycles. The summed E-state index contributed by atoms with van der Waals surface area (Å²) < 4.78 is 5.48. The van der Waals surface area contributed by atoms with Gasteiger partial charge in [-0.25, -0.2) is 0 Å². The summed E-state index contributed by atoms with van der Waals surface area (Å²) >= 11 is 0. The van der Waals surface area contributed by atoms with Crippen LogP contribution in [0.5, 0.6) is 0 Å². The summed E-state index contributed by atoms with van der Waals surface area (Å²) in [5.74, 6) is 0.880. The van der Waals surface area contributed by atoms with Crippen LogP contribution in [0.15, 0.2) is 0 Å². The van der Waals surface area contributed by atoms with E-state index < -0.39 is 0 Å². The molecule has 0 spiro atoms. The Labute approximate surface area is 93.2 Å². The second-order valence-corrected chi connectivity index (χ2v) is 4.96. The fourth-order valence-electron chi connectivity index (χ4n) is 2.99. The summed E-state index contributed by atoms with van der Waals surface area (Å²) in [5.41, 5.74) is 0. The van der Waals surface area contributed by atoms with Crippen molar-refractivity contribution in [2.45, 2.75) is 37.8 Å². The molecule has 0 aromatic carbocycles. The van der Waals surface area contributed by atoms with Gasteiger partial charge in [-0.15, -0.1) is 0 Å². The normalized spacial score (nSPS) is 37.6. The van der Waals surface area contributed by atoms with Gasteiger partial charge in [-0.1, -0.05) is 0 Å². The minimum atomic E-state index is 0.481. The summed E-state index contributed by atoms with van der Waals surface area (Å²) in [6.45, 7) is 3.62. The van der Waals surface area contributed by atoms with Crippen molar-refractivity contribution < 1.29 is 4.74 Å². The molecule has 2 fully saturated rings. The minimum Gasteiger partial charge on any atom is -0.380 e. The molecule has 0 bridgehead atoms. The topological polar surface area (TPSA) is 24.5 Å². The van der Waals surface area contributed by atoms with Crippen LogP contribution in [-0.4, -0.2) is 50.8 Å². The first-order valence-electron chi connectivity index (χ1n) is 6.26. The molecule has 2 aliphatic rings. The van der Waals surface area contributed by atoms with Crippen molar-refractivity contribution in [2.75, 3.05) is 33.8 Å². The van der Waals surface area contributed by atoms with Crippen molar-refractivity contribution in [3.8, 4) is 0 Å². The van der Waals surface area contributed by atoms with Gasteiger partial charge in [0.25, 0.3) is 0 Å². The van der Waals surface area contributed by atoms with Gasteiger partial charge in [-0.3, -0.25) is 4.90 Å². The van der Waals surface area contributed by atoms with Crippen molar-refractivity contribution in [3.05, 3.63) is 0 Å². The molecule has 3 nitrogen and oxygen atoms in total. The molecule has 88 valence electrons. The monoisotopic (exact) mass is 212 g/mol. The largest absolute Gasteiger partial charge is 0.380 e. The van der Waals surface area contributed by atoms with E-state index in [0.29, 0.717) is 6.10 Å². The van der Waals surface area contributed by atoms with Gasteiger partial charge in [0.1, 0.15) is 0 Å². The van der Waals surface area contributed by atoms with Crippen LogP contribution >= 0.6 is 0 Å². The molecule has 3 atom stereocenters. The first-order valence-corrected chi connectivity index (χ1v) is 6.26. The third-order valence-corrected chi connectivity index (χ3v) is 4.06. The molecule has 1 heterocycles. The molecule has 3 heteroatoms. The maximum Gasteiger partial charge on any atom is 0.0698 e. The molecule has 1 N–H and O–H groups in total. The molecule has 1 aliphatic heterocycles. The number of methoxy groups -OCH3 is 1. The Morgan fingerprint density at radius 1 is 1.33 bits per heavy atom. The first-order chi connectivity index (χ1) is 7.35. The third-order valence-electron chi connectivity index (χ3n) is 4.06. The van der Waals surface area contributed by atoms with Crippen LogP contribution < -0.4 is 5.32 Å². The van der Waals surface area contributed by atoms with Crippen LogP contribution in [0.1, 0.15) is 25.7 Å². The predicted octanol–water partition coefficient (Wildman–Crippen LogP) is 1.10. The summed E-state index contributed by atoms with van der Waals surface area (Å²) in [6.07, 6.45) is 5.83. The molecule has 1 aliphatic carbocycles. The Hall–Kier alpha value is -0.120. The zero-order valence-corrected chi connectivity index (χ0v) is 10.0. The highest BCUT2D eigenvalue weighted by Gasteiger charge is 2.36. The minimum absolute atomic E-state index is 0.481. The van der Waals surface area contributed by atoms with E-state index in [1.165, 1.54) is 38.8 Å². The summed E-state index contributed by atoms with van der Waals surface area (Å²) in [6, 6.07) is 0.829. The lowest BCUT2D eigenvalue weighted by Gasteiger charge is -2.47. The van der Waals surface area contributed by atoms with E-state index in [2.05, 4.69) is 17.3 Å².